The molecule has 17 heavy (non-hydrogen) atoms. The van der Waals surface area contributed by atoms with Crippen LogP contribution in [-0.4, -0.2) is 48.9 Å². The lowest BCUT2D eigenvalue weighted by Gasteiger charge is -2.35. The lowest BCUT2D eigenvalue weighted by molar-refractivity contribution is -0.140. The summed E-state index contributed by atoms with van der Waals surface area (Å²) >= 11 is 0. The molecule has 1 unspecified atom stereocenters. The summed E-state index contributed by atoms with van der Waals surface area (Å²) in [5.74, 6) is -0.0140. The molecule has 1 atom stereocenters. The molecule has 5 heteroatoms. The Morgan fingerprint density at radius 2 is 2.18 bits per heavy atom. The highest BCUT2D eigenvalue weighted by atomic mass is 16.2. The van der Waals surface area contributed by atoms with Crippen LogP contribution in [0.25, 0.3) is 0 Å². The Morgan fingerprint density at radius 3 is 2.71 bits per heavy atom. The van der Waals surface area contributed by atoms with Crippen LogP contribution in [-0.2, 0) is 9.59 Å². The molecule has 2 aliphatic heterocycles. The van der Waals surface area contributed by atoms with Gasteiger partial charge in [0, 0.05) is 31.8 Å². The van der Waals surface area contributed by atoms with Gasteiger partial charge in [-0.3, -0.25) is 9.59 Å². The Hall–Kier alpha value is -1.36. The second-order valence-corrected chi connectivity index (χ2v) is 4.55. The van der Waals surface area contributed by atoms with Crippen LogP contribution in [0.1, 0.15) is 20.3 Å². The fourth-order valence-electron chi connectivity index (χ4n) is 2.25. The van der Waals surface area contributed by atoms with E-state index >= 15 is 0 Å². The highest BCUT2D eigenvalue weighted by Crippen LogP contribution is 2.16. The zero-order valence-corrected chi connectivity index (χ0v) is 10.4. The fourth-order valence-corrected chi connectivity index (χ4v) is 2.25. The number of hydrogen-bond acceptors (Lipinski definition) is 3. The molecule has 0 spiro atoms. The summed E-state index contributed by atoms with van der Waals surface area (Å²) in [5.41, 5.74) is 1.97. The molecule has 0 radical (unpaired) electrons. The lowest BCUT2D eigenvalue weighted by Crippen LogP contribution is -2.57. The molecule has 0 aromatic rings. The van der Waals surface area contributed by atoms with Crippen molar-refractivity contribution in [2.24, 2.45) is 0 Å². The van der Waals surface area contributed by atoms with Gasteiger partial charge in [-0.05, 0) is 18.9 Å². The summed E-state index contributed by atoms with van der Waals surface area (Å²) in [4.78, 5) is 25.7. The molecule has 0 aliphatic carbocycles. The third-order valence-electron chi connectivity index (χ3n) is 3.51. The SMILES string of the molecule is CCC1C(=O)NCCN1C(=O)C(C)=C1CNC1. The fraction of sp³-hybridized carbons (Fsp3) is 0.667. The largest absolute Gasteiger partial charge is 0.353 e. The summed E-state index contributed by atoms with van der Waals surface area (Å²) in [6.07, 6.45) is 0.665. The average molecular weight is 237 g/mol. The standard InChI is InChI=1S/C12H19N3O2/c1-3-10-11(16)14-4-5-15(10)12(17)8(2)9-6-13-7-9/h10,13H,3-7H2,1-2H3,(H,14,16). The van der Waals surface area contributed by atoms with Crippen molar-refractivity contribution >= 4 is 11.8 Å². The smallest absolute Gasteiger partial charge is 0.250 e. The molecule has 2 aliphatic rings. The quantitative estimate of drug-likeness (QED) is 0.645. The highest BCUT2D eigenvalue weighted by Gasteiger charge is 2.33. The van der Waals surface area contributed by atoms with Gasteiger partial charge in [-0.25, -0.2) is 0 Å². The minimum atomic E-state index is -0.306. The number of carbonyl (C=O) groups is 2. The van der Waals surface area contributed by atoms with E-state index in [9.17, 15) is 9.59 Å². The maximum absolute atomic E-state index is 12.3. The van der Waals surface area contributed by atoms with Gasteiger partial charge in [0.25, 0.3) is 0 Å². The number of nitrogens with zero attached hydrogens (tertiary/aromatic N) is 1. The molecule has 0 aromatic carbocycles. The van der Waals surface area contributed by atoms with Crippen LogP contribution < -0.4 is 10.6 Å². The topological polar surface area (TPSA) is 61.4 Å². The maximum Gasteiger partial charge on any atom is 0.250 e. The van der Waals surface area contributed by atoms with Crippen LogP contribution in [0.15, 0.2) is 11.1 Å². The van der Waals surface area contributed by atoms with Gasteiger partial charge >= 0.3 is 0 Å². The minimum absolute atomic E-state index is 0.0169. The number of amides is 2. The van der Waals surface area contributed by atoms with Crippen molar-refractivity contribution in [1.29, 1.82) is 0 Å². The van der Waals surface area contributed by atoms with Gasteiger partial charge in [0.15, 0.2) is 0 Å². The highest BCUT2D eigenvalue weighted by molar-refractivity contribution is 5.98. The van der Waals surface area contributed by atoms with Crippen LogP contribution in [0.5, 0.6) is 0 Å². The Balaban J connectivity index is 2.14. The Morgan fingerprint density at radius 1 is 1.47 bits per heavy atom. The number of nitrogens with one attached hydrogen (secondary N) is 2. The summed E-state index contributed by atoms with van der Waals surface area (Å²) in [6.45, 7) is 6.56. The number of rotatable bonds is 2. The van der Waals surface area contributed by atoms with Crippen LogP contribution >= 0.6 is 0 Å². The van der Waals surface area contributed by atoms with E-state index in [0.717, 1.165) is 24.2 Å². The van der Waals surface area contributed by atoms with Gasteiger partial charge in [-0.15, -0.1) is 0 Å². The van der Waals surface area contributed by atoms with E-state index in [1.54, 1.807) is 4.90 Å². The summed E-state index contributed by atoms with van der Waals surface area (Å²) in [6, 6.07) is -0.306. The third kappa shape index (κ3) is 2.20. The van der Waals surface area contributed by atoms with Crippen molar-refractivity contribution in [2.75, 3.05) is 26.2 Å². The van der Waals surface area contributed by atoms with E-state index in [4.69, 9.17) is 0 Å². The first kappa shape index (κ1) is 12.1. The molecule has 0 saturated carbocycles. The molecule has 0 bridgehead atoms. The Labute approximate surface area is 101 Å². The van der Waals surface area contributed by atoms with Gasteiger partial charge in [-0.2, -0.15) is 0 Å². The predicted molar refractivity (Wildman–Crippen MR) is 64.4 cm³/mol. The van der Waals surface area contributed by atoms with E-state index in [1.165, 1.54) is 0 Å². The first-order chi connectivity index (χ1) is 8.15. The molecular formula is C12H19N3O2. The molecule has 2 amide bonds. The molecule has 2 N–H and O–H groups in total. The Bertz CT molecular complexity index is 370. The van der Waals surface area contributed by atoms with Crippen LogP contribution in [0.3, 0.4) is 0 Å². The molecule has 0 aromatic heterocycles. The zero-order chi connectivity index (χ0) is 12.4. The van der Waals surface area contributed by atoms with Crippen molar-refractivity contribution in [3.63, 3.8) is 0 Å². The van der Waals surface area contributed by atoms with E-state index in [-0.39, 0.29) is 17.9 Å². The molecule has 5 nitrogen and oxygen atoms in total. The van der Waals surface area contributed by atoms with Gasteiger partial charge in [0.05, 0.1) is 0 Å². The van der Waals surface area contributed by atoms with E-state index < -0.39 is 0 Å². The maximum atomic E-state index is 12.3. The second kappa shape index (κ2) is 4.87. The summed E-state index contributed by atoms with van der Waals surface area (Å²) in [7, 11) is 0. The van der Waals surface area contributed by atoms with Crippen molar-refractivity contribution in [1.82, 2.24) is 15.5 Å². The van der Waals surface area contributed by atoms with Crippen LogP contribution in [0.2, 0.25) is 0 Å². The number of carbonyl (C=O) groups excluding carboxylic acids is 2. The average Bonchev–Trinajstić information content (AvgIpc) is 2.25. The first-order valence-electron chi connectivity index (χ1n) is 6.13. The van der Waals surface area contributed by atoms with Gasteiger partial charge in [0.1, 0.15) is 6.04 Å². The number of hydrogen-bond donors (Lipinski definition) is 2. The van der Waals surface area contributed by atoms with Crippen molar-refractivity contribution < 1.29 is 9.59 Å². The van der Waals surface area contributed by atoms with Crippen LogP contribution in [0.4, 0.5) is 0 Å². The molecule has 2 saturated heterocycles. The first-order valence-corrected chi connectivity index (χ1v) is 6.13. The molecule has 94 valence electrons. The predicted octanol–water partition coefficient (Wildman–Crippen LogP) is -0.357. The van der Waals surface area contributed by atoms with Gasteiger partial charge in [-0.1, -0.05) is 6.92 Å². The van der Waals surface area contributed by atoms with Crippen molar-refractivity contribution in [2.45, 2.75) is 26.3 Å². The van der Waals surface area contributed by atoms with Crippen LogP contribution in [0, 0.1) is 0 Å². The normalized spacial score (nSPS) is 24.1. The molecular weight excluding hydrogens is 218 g/mol. The zero-order valence-electron chi connectivity index (χ0n) is 10.4. The van der Waals surface area contributed by atoms with Gasteiger partial charge in [0.2, 0.25) is 11.8 Å². The molecule has 2 fully saturated rings. The molecule has 2 heterocycles. The second-order valence-electron chi connectivity index (χ2n) is 4.55. The van der Waals surface area contributed by atoms with Crippen molar-refractivity contribution in [3.8, 4) is 0 Å². The Kier molecular flexibility index (Phi) is 3.47. The van der Waals surface area contributed by atoms with Gasteiger partial charge < -0.3 is 15.5 Å². The minimum Gasteiger partial charge on any atom is -0.353 e. The molecule has 2 rings (SSSR count). The summed E-state index contributed by atoms with van der Waals surface area (Å²) in [5, 5.41) is 5.93. The van der Waals surface area contributed by atoms with Crippen molar-refractivity contribution in [3.05, 3.63) is 11.1 Å². The van der Waals surface area contributed by atoms with E-state index in [2.05, 4.69) is 10.6 Å². The monoisotopic (exact) mass is 237 g/mol. The summed E-state index contributed by atoms with van der Waals surface area (Å²) < 4.78 is 0. The van der Waals surface area contributed by atoms with E-state index in [1.807, 2.05) is 13.8 Å². The number of piperazine rings is 1. The lowest BCUT2D eigenvalue weighted by atomic mass is 10.0. The van der Waals surface area contributed by atoms with E-state index in [0.29, 0.717) is 19.5 Å². The third-order valence-corrected chi connectivity index (χ3v) is 3.51.